The SMILES string of the molecule is CNCc1cc(CN(CCC(C)C)C2CC2)oc1C. The second-order valence-electron chi connectivity index (χ2n) is 6.21. The van der Waals surface area contributed by atoms with Gasteiger partial charge in [0.15, 0.2) is 0 Å². The van der Waals surface area contributed by atoms with Crippen LogP contribution in [-0.2, 0) is 13.1 Å². The summed E-state index contributed by atoms with van der Waals surface area (Å²) in [5.41, 5.74) is 1.29. The van der Waals surface area contributed by atoms with Gasteiger partial charge in [-0.1, -0.05) is 13.8 Å². The van der Waals surface area contributed by atoms with Gasteiger partial charge in [0.05, 0.1) is 6.54 Å². The topological polar surface area (TPSA) is 28.4 Å². The number of nitrogens with one attached hydrogen (secondary N) is 1. The van der Waals surface area contributed by atoms with Crippen LogP contribution < -0.4 is 5.32 Å². The fraction of sp³-hybridized carbons (Fsp3) is 0.750. The largest absolute Gasteiger partial charge is 0.465 e. The highest BCUT2D eigenvalue weighted by Gasteiger charge is 2.29. The fourth-order valence-electron chi connectivity index (χ4n) is 2.49. The van der Waals surface area contributed by atoms with Crippen LogP contribution in [-0.4, -0.2) is 24.5 Å². The Kier molecular flexibility index (Phi) is 5.06. The third kappa shape index (κ3) is 4.36. The van der Waals surface area contributed by atoms with Crippen LogP contribution in [0.2, 0.25) is 0 Å². The first kappa shape index (κ1) is 14.6. The molecule has 0 bridgehead atoms. The van der Waals surface area contributed by atoms with Gasteiger partial charge in [0.25, 0.3) is 0 Å². The van der Waals surface area contributed by atoms with E-state index in [1.54, 1.807) is 0 Å². The Bertz CT molecular complexity index is 393. The van der Waals surface area contributed by atoms with Gasteiger partial charge < -0.3 is 9.73 Å². The first-order chi connectivity index (χ1) is 9.10. The fourth-order valence-corrected chi connectivity index (χ4v) is 2.49. The lowest BCUT2D eigenvalue weighted by atomic mass is 10.1. The molecule has 0 unspecified atom stereocenters. The minimum absolute atomic E-state index is 0.777. The lowest BCUT2D eigenvalue weighted by Gasteiger charge is -2.21. The van der Waals surface area contributed by atoms with Crippen molar-refractivity contribution in [3.63, 3.8) is 0 Å². The van der Waals surface area contributed by atoms with Crippen LogP contribution in [0.15, 0.2) is 10.5 Å². The Morgan fingerprint density at radius 3 is 2.74 bits per heavy atom. The molecule has 108 valence electrons. The summed E-state index contributed by atoms with van der Waals surface area (Å²) in [5.74, 6) is 2.96. The first-order valence-corrected chi connectivity index (χ1v) is 7.57. The van der Waals surface area contributed by atoms with E-state index in [-0.39, 0.29) is 0 Å². The van der Waals surface area contributed by atoms with Crippen LogP contribution in [0.5, 0.6) is 0 Å². The van der Waals surface area contributed by atoms with E-state index >= 15 is 0 Å². The van der Waals surface area contributed by atoms with Crippen molar-refractivity contribution in [3.8, 4) is 0 Å². The molecule has 1 N–H and O–H groups in total. The van der Waals surface area contributed by atoms with Crippen LogP contribution in [0.25, 0.3) is 0 Å². The summed E-state index contributed by atoms with van der Waals surface area (Å²) >= 11 is 0. The van der Waals surface area contributed by atoms with Crippen molar-refractivity contribution >= 4 is 0 Å². The second-order valence-corrected chi connectivity index (χ2v) is 6.21. The van der Waals surface area contributed by atoms with E-state index < -0.39 is 0 Å². The van der Waals surface area contributed by atoms with Crippen LogP contribution in [0.4, 0.5) is 0 Å². The van der Waals surface area contributed by atoms with Crippen LogP contribution in [0, 0.1) is 12.8 Å². The zero-order valence-electron chi connectivity index (χ0n) is 12.8. The summed E-state index contributed by atoms with van der Waals surface area (Å²) in [5, 5.41) is 3.19. The predicted octanol–water partition coefficient (Wildman–Crippen LogP) is 3.32. The van der Waals surface area contributed by atoms with Gasteiger partial charge in [0, 0.05) is 18.2 Å². The summed E-state index contributed by atoms with van der Waals surface area (Å²) in [6, 6.07) is 3.02. The van der Waals surface area contributed by atoms with E-state index in [4.69, 9.17) is 4.42 Å². The van der Waals surface area contributed by atoms with Crippen molar-refractivity contribution in [2.75, 3.05) is 13.6 Å². The molecule has 3 heteroatoms. The predicted molar refractivity (Wildman–Crippen MR) is 79.1 cm³/mol. The number of rotatable bonds is 8. The van der Waals surface area contributed by atoms with Crippen molar-refractivity contribution in [2.24, 2.45) is 5.92 Å². The summed E-state index contributed by atoms with van der Waals surface area (Å²) in [4.78, 5) is 2.60. The van der Waals surface area contributed by atoms with E-state index in [2.05, 4.69) is 37.1 Å². The summed E-state index contributed by atoms with van der Waals surface area (Å²) in [7, 11) is 1.98. The van der Waals surface area contributed by atoms with Crippen LogP contribution >= 0.6 is 0 Å². The summed E-state index contributed by atoms with van der Waals surface area (Å²) in [6.45, 7) is 9.72. The molecule has 1 heterocycles. The minimum Gasteiger partial charge on any atom is -0.465 e. The number of aryl methyl sites for hydroxylation is 1. The number of furan rings is 1. The van der Waals surface area contributed by atoms with Gasteiger partial charge in [-0.3, -0.25) is 4.90 Å². The Hall–Kier alpha value is -0.800. The van der Waals surface area contributed by atoms with Gasteiger partial charge in [0.2, 0.25) is 0 Å². The van der Waals surface area contributed by atoms with E-state index in [0.717, 1.165) is 36.6 Å². The van der Waals surface area contributed by atoms with Gasteiger partial charge in [-0.2, -0.15) is 0 Å². The molecule has 0 saturated heterocycles. The second kappa shape index (κ2) is 6.58. The molecule has 1 aromatic rings. The quantitative estimate of drug-likeness (QED) is 0.781. The molecule has 1 aliphatic rings. The average Bonchev–Trinajstić information content (AvgIpc) is 3.12. The maximum Gasteiger partial charge on any atom is 0.118 e. The molecule has 19 heavy (non-hydrogen) atoms. The summed E-state index contributed by atoms with van der Waals surface area (Å²) < 4.78 is 5.90. The molecule has 1 aromatic heterocycles. The molecule has 1 saturated carbocycles. The van der Waals surface area contributed by atoms with E-state index in [1.165, 1.54) is 31.4 Å². The highest BCUT2D eigenvalue weighted by Crippen LogP contribution is 2.29. The van der Waals surface area contributed by atoms with Gasteiger partial charge >= 0.3 is 0 Å². The molecular weight excluding hydrogens is 236 g/mol. The first-order valence-electron chi connectivity index (χ1n) is 7.57. The zero-order valence-corrected chi connectivity index (χ0v) is 12.8. The van der Waals surface area contributed by atoms with E-state index in [9.17, 15) is 0 Å². The molecular formula is C16H28N2O. The summed E-state index contributed by atoms with van der Waals surface area (Å²) in [6.07, 6.45) is 4.00. The molecule has 1 fully saturated rings. The van der Waals surface area contributed by atoms with Gasteiger partial charge in [-0.05, 0) is 51.8 Å². The molecule has 1 aliphatic carbocycles. The Labute approximate surface area is 117 Å². The molecule has 0 aromatic carbocycles. The highest BCUT2D eigenvalue weighted by atomic mass is 16.3. The Balaban J connectivity index is 1.94. The Morgan fingerprint density at radius 2 is 2.16 bits per heavy atom. The van der Waals surface area contributed by atoms with E-state index in [0.29, 0.717) is 0 Å². The molecule has 0 radical (unpaired) electrons. The lowest BCUT2D eigenvalue weighted by molar-refractivity contribution is 0.220. The highest BCUT2D eigenvalue weighted by molar-refractivity contribution is 5.20. The number of hydrogen-bond donors (Lipinski definition) is 1. The third-order valence-electron chi connectivity index (χ3n) is 3.85. The standard InChI is InChI=1S/C16H28N2O/c1-12(2)7-8-18(15-5-6-15)11-16-9-14(10-17-4)13(3)19-16/h9,12,15,17H,5-8,10-11H2,1-4H3. The third-order valence-corrected chi connectivity index (χ3v) is 3.85. The number of hydrogen-bond acceptors (Lipinski definition) is 3. The normalized spacial score (nSPS) is 15.7. The van der Waals surface area contributed by atoms with Gasteiger partial charge in [-0.15, -0.1) is 0 Å². The number of nitrogens with zero attached hydrogens (tertiary/aromatic N) is 1. The maximum absolute atomic E-state index is 5.90. The van der Waals surface area contributed by atoms with Crippen LogP contribution in [0.3, 0.4) is 0 Å². The van der Waals surface area contributed by atoms with Crippen LogP contribution in [0.1, 0.15) is 50.2 Å². The van der Waals surface area contributed by atoms with Gasteiger partial charge in [-0.25, -0.2) is 0 Å². The van der Waals surface area contributed by atoms with Gasteiger partial charge in [0.1, 0.15) is 11.5 Å². The van der Waals surface area contributed by atoms with Crippen molar-refractivity contribution < 1.29 is 4.42 Å². The maximum atomic E-state index is 5.90. The van der Waals surface area contributed by atoms with Crippen molar-refractivity contribution in [1.29, 1.82) is 0 Å². The molecule has 0 spiro atoms. The van der Waals surface area contributed by atoms with E-state index in [1.807, 2.05) is 7.05 Å². The molecule has 0 amide bonds. The average molecular weight is 264 g/mol. The molecule has 2 rings (SSSR count). The molecule has 0 atom stereocenters. The molecule has 0 aliphatic heterocycles. The monoisotopic (exact) mass is 264 g/mol. The minimum atomic E-state index is 0.777. The zero-order chi connectivity index (χ0) is 13.8. The Morgan fingerprint density at radius 1 is 1.42 bits per heavy atom. The van der Waals surface area contributed by atoms with Crippen molar-refractivity contribution in [2.45, 2.75) is 59.2 Å². The van der Waals surface area contributed by atoms with Crippen molar-refractivity contribution in [1.82, 2.24) is 10.2 Å². The lowest BCUT2D eigenvalue weighted by Crippen LogP contribution is -2.27. The molecule has 3 nitrogen and oxygen atoms in total. The van der Waals surface area contributed by atoms with Crippen molar-refractivity contribution in [3.05, 3.63) is 23.2 Å². The smallest absolute Gasteiger partial charge is 0.118 e.